The van der Waals surface area contributed by atoms with E-state index in [1.54, 1.807) is 0 Å². The van der Waals surface area contributed by atoms with Gasteiger partial charge in [0.1, 0.15) is 5.54 Å². The second-order valence-corrected chi connectivity index (χ2v) is 6.85. The third-order valence-electron chi connectivity index (χ3n) is 5.65. The number of rotatable bonds is 2. The first-order chi connectivity index (χ1) is 9.64. The Morgan fingerprint density at radius 2 is 1.80 bits per heavy atom. The molecular weight excluding hydrogens is 252 g/mol. The van der Waals surface area contributed by atoms with Crippen molar-refractivity contribution in [3.05, 3.63) is 0 Å². The van der Waals surface area contributed by atoms with Crippen molar-refractivity contribution in [1.82, 2.24) is 10.2 Å². The second-order valence-electron chi connectivity index (χ2n) is 6.85. The number of nitrogens with one attached hydrogen (secondary N) is 1. The molecule has 0 bridgehead atoms. The molecule has 3 aliphatic rings. The van der Waals surface area contributed by atoms with Gasteiger partial charge in [-0.3, -0.25) is 9.59 Å². The first kappa shape index (κ1) is 13.9. The van der Waals surface area contributed by atoms with Gasteiger partial charge in [0.2, 0.25) is 11.8 Å². The minimum atomic E-state index is -0.545. The molecule has 3 rings (SSSR count). The summed E-state index contributed by atoms with van der Waals surface area (Å²) in [5.74, 6) is 1.07. The monoisotopic (exact) mass is 278 g/mol. The van der Waals surface area contributed by atoms with E-state index in [0.29, 0.717) is 6.04 Å². The number of hydrogen-bond acceptors (Lipinski definition) is 2. The first-order valence-electron chi connectivity index (χ1n) is 8.27. The molecule has 2 amide bonds. The summed E-state index contributed by atoms with van der Waals surface area (Å²) in [6.45, 7) is 2.53. The zero-order valence-electron chi connectivity index (χ0n) is 12.5. The molecular formula is C16H26N2O2. The van der Waals surface area contributed by atoms with Crippen LogP contribution in [0.2, 0.25) is 0 Å². The molecule has 0 atom stereocenters. The summed E-state index contributed by atoms with van der Waals surface area (Å²) in [6.07, 6.45) is 9.59. The lowest BCUT2D eigenvalue weighted by Crippen LogP contribution is -2.67. The molecule has 20 heavy (non-hydrogen) atoms. The van der Waals surface area contributed by atoms with Crippen molar-refractivity contribution in [1.29, 1.82) is 0 Å². The lowest BCUT2D eigenvalue weighted by Gasteiger charge is -2.45. The Balaban J connectivity index is 1.72. The van der Waals surface area contributed by atoms with Crippen molar-refractivity contribution in [3.8, 4) is 0 Å². The predicted octanol–water partition coefficient (Wildman–Crippen LogP) is 2.23. The number of nitrogens with zero attached hydrogens (tertiary/aromatic N) is 1. The highest BCUT2D eigenvalue weighted by Gasteiger charge is 2.49. The molecule has 1 spiro atoms. The van der Waals surface area contributed by atoms with Gasteiger partial charge in [-0.2, -0.15) is 0 Å². The van der Waals surface area contributed by atoms with Crippen molar-refractivity contribution in [2.75, 3.05) is 6.54 Å². The molecule has 1 N–H and O–H groups in total. The quantitative estimate of drug-likeness (QED) is 0.842. The molecule has 0 unspecified atom stereocenters. The summed E-state index contributed by atoms with van der Waals surface area (Å²) in [4.78, 5) is 26.8. The van der Waals surface area contributed by atoms with E-state index < -0.39 is 5.54 Å². The minimum Gasteiger partial charge on any atom is -0.340 e. The minimum absolute atomic E-state index is 0.0455. The van der Waals surface area contributed by atoms with Gasteiger partial charge in [-0.05, 0) is 44.4 Å². The Labute approximate surface area is 121 Å². The fourth-order valence-electron chi connectivity index (χ4n) is 4.34. The molecule has 1 saturated heterocycles. The average molecular weight is 278 g/mol. The van der Waals surface area contributed by atoms with Crippen LogP contribution in [0, 0.1) is 5.92 Å². The third-order valence-corrected chi connectivity index (χ3v) is 5.65. The highest BCUT2D eigenvalue weighted by atomic mass is 16.2. The molecule has 2 saturated carbocycles. The van der Waals surface area contributed by atoms with Crippen LogP contribution in [0.25, 0.3) is 0 Å². The summed E-state index contributed by atoms with van der Waals surface area (Å²) < 4.78 is 0. The molecule has 4 heteroatoms. The summed E-state index contributed by atoms with van der Waals surface area (Å²) in [5.41, 5.74) is -0.545. The first-order valence-corrected chi connectivity index (χ1v) is 8.27. The van der Waals surface area contributed by atoms with Gasteiger partial charge in [0.15, 0.2) is 0 Å². The molecule has 1 aliphatic heterocycles. The normalized spacial score (nSPS) is 33.5. The maximum absolute atomic E-state index is 12.9. The lowest BCUT2D eigenvalue weighted by atomic mass is 9.82. The van der Waals surface area contributed by atoms with Crippen LogP contribution >= 0.6 is 0 Å². The van der Waals surface area contributed by atoms with Crippen molar-refractivity contribution >= 4 is 11.8 Å². The number of carbonyl (C=O) groups excluding carboxylic acids is 2. The van der Waals surface area contributed by atoms with E-state index in [9.17, 15) is 9.59 Å². The summed E-state index contributed by atoms with van der Waals surface area (Å²) in [7, 11) is 0. The second kappa shape index (κ2) is 5.38. The Morgan fingerprint density at radius 3 is 2.40 bits per heavy atom. The zero-order valence-corrected chi connectivity index (χ0v) is 12.5. The van der Waals surface area contributed by atoms with Gasteiger partial charge in [-0.15, -0.1) is 0 Å². The van der Waals surface area contributed by atoms with Crippen molar-refractivity contribution in [2.24, 2.45) is 5.92 Å². The number of carbonyl (C=O) groups is 2. The van der Waals surface area contributed by atoms with E-state index >= 15 is 0 Å². The van der Waals surface area contributed by atoms with Crippen LogP contribution in [0.4, 0.5) is 0 Å². The molecule has 0 aromatic carbocycles. The molecule has 1 heterocycles. The van der Waals surface area contributed by atoms with Crippen molar-refractivity contribution in [2.45, 2.75) is 76.3 Å². The lowest BCUT2D eigenvalue weighted by molar-refractivity contribution is -0.153. The Morgan fingerprint density at radius 1 is 1.15 bits per heavy atom. The van der Waals surface area contributed by atoms with Gasteiger partial charge in [-0.25, -0.2) is 0 Å². The Kier molecular flexibility index (Phi) is 3.74. The maximum atomic E-state index is 12.9. The summed E-state index contributed by atoms with van der Waals surface area (Å²) >= 11 is 0. The zero-order chi connectivity index (χ0) is 14.2. The van der Waals surface area contributed by atoms with Gasteiger partial charge >= 0.3 is 0 Å². The van der Waals surface area contributed by atoms with Crippen LogP contribution < -0.4 is 5.32 Å². The van der Waals surface area contributed by atoms with Crippen LogP contribution in [-0.2, 0) is 9.59 Å². The largest absolute Gasteiger partial charge is 0.340 e. The van der Waals surface area contributed by atoms with E-state index in [1.165, 1.54) is 19.3 Å². The van der Waals surface area contributed by atoms with Crippen molar-refractivity contribution < 1.29 is 9.59 Å². The van der Waals surface area contributed by atoms with Gasteiger partial charge in [0.25, 0.3) is 0 Å². The number of amides is 2. The molecule has 0 radical (unpaired) electrons. The van der Waals surface area contributed by atoms with Crippen LogP contribution in [0.15, 0.2) is 0 Å². The smallest absolute Gasteiger partial charge is 0.249 e. The SMILES string of the molecule is CCC1CCC(N2CC(=O)NC3(CCCC3)C2=O)CC1. The molecule has 4 nitrogen and oxygen atoms in total. The highest BCUT2D eigenvalue weighted by Crippen LogP contribution is 2.36. The van der Waals surface area contributed by atoms with Gasteiger partial charge in [0, 0.05) is 6.04 Å². The number of piperazine rings is 1. The van der Waals surface area contributed by atoms with E-state index in [-0.39, 0.29) is 18.4 Å². The van der Waals surface area contributed by atoms with Gasteiger partial charge < -0.3 is 10.2 Å². The Hall–Kier alpha value is -1.06. The molecule has 2 aliphatic carbocycles. The molecule has 0 aromatic heterocycles. The predicted molar refractivity (Wildman–Crippen MR) is 77.1 cm³/mol. The van der Waals surface area contributed by atoms with Crippen LogP contribution in [-0.4, -0.2) is 34.8 Å². The van der Waals surface area contributed by atoms with Gasteiger partial charge in [0.05, 0.1) is 6.54 Å². The maximum Gasteiger partial charge on any atom is 0.249 e. The third kappa shape index (κ3) is 2.33. The fourth-order valence-corrected chi connectivity index (χ4v) is 4.34. The molecule has 0 aromatic rings. The molecule has 3 fully saturated rings. The topological polar surface area (TPSA) is 49.4 Å². The van der Waals surface area contributed by atoms with Gasteiger partial charge in [-0.1, -0.05) is 26.2 Å². The van der Waals surface area contributed by atoms with Crippen LogP contribution in [0.5, 0.6) is 0 Å². The fraction of sp³-hybridized carbons (Fsp3) is 0.875. The van der Waals surface area contributed by atoms with Crippen LogP contribution in [0.1, 0.15) is 64.7 Å². The summed E-state index contributed by atoms with van der Waals surface area (Å²) in [6, 6.07) is 0.300. The molecule has 112 valence electrons. The Bertz CT molecular complexity index is 393. The average Bonchev–Trinajstić information content (AvgIpc) is 2.92. The van der Waals surface area contributed by atoms with E-state index in [0.717, 1.165) is 44.4 Å². The van der Waals surface area contributed by atoms with E-state index in [1.807, 2.05) is 4.90 Å². The van der Waals surface area contributed by atoms with Crippen molar-refractivity contribution in [3.63, 3.8) is 0 Å². The van der Waals surface area contributed by atoms with E-state index in [4.69, 9.17) is 0 Å². The standard InChI is InChI=1S/C16H26N2O2/c1-2-12-5-7-13(8-6-12)18-11-14(19)17-16(15(18)20)9-3-4-10-16/h12-13H,2-11H2,1H3,(H,17,19). The highest BCUT2D eigenvalue weighted by molar-refractivity contribution is 5.98. The summed E-state index contributed by atoms with van der Waals surface area (Å²) in [5, 5.41) is 3.00. The van der Waals surface area contributed by atoms with E-state index in [2.05, 4.69) is 12.2 Å². The number of hydrogen-bond donors (Lipinski definition) is 1. The van der Waals surface area contributed by atoms with Crippen LogP contribution in [0.3, 0.4) is 0 Å².